The summed E-state index contributed by atoms with van der Waals surface area (Å²) in [6, 6.07) is 6.39. The van der Waals surface area contributed by atoms with Gasteiger partial charge in [-0.25, -0.2) is 8.42 Å². The highest BCUT2D eigenvalue weighted by Gasteiger charge is 2.33. The Labute approximate surface area is 168 Å². The molecule has 1 saturated heterocycles. The zero-order chi connectivity index (χ0) is 21.1. The molecule has 0 spiro atoms. The number of hydrogen-bond acceptors (Lipinski definition) is 4. The first-order valence-electron chi connectivity index (χ1n) is 9.70. The first kappa shape index (κ1) is 22.4. The van der Waals surface area contributed by atoms with Crippen LogP contribution in [0.25, 0.3) is 0 Å². The van der Waals surface area contributed by atoms with Crippen molar-refractivity contribution < 1.29 is 18.0 Å². The molecule has 0 aromatic heterocycles. The van der Waals surface area contributed by atoms with Crippen LogP contribution in [0.3, 0.4) is 0 Å². The Morgan fingerprint density at radius 2 is 1.50 bits per heavy atom. The van der Waals surface area contributed by atoms with Gasteiger partial charge >= 0.3 is 0 Å². The molecule has 1 heterocycles. The van der Waals surface area contributed by atoms with Crippen molar-refractivity contribution in [2.24, 2.45) is 5.92 Å². The standard InChI is InChI=1S/C20H31N3O4S/c1-14(2)17-6-8-18(9-7-17)28(26,27)23-12-10-22(11-13-23)20(25)19(15(3)4)21-16(5)24/h6-9,14-15,19H,10-13H2,1-5H3,(H,21,24)/t19-/m0/s1. The highest BCUT2D eigenvalue weighted by Crippen LogP contribution is 2.21. The molecule has 2 rings (SSSR count). The first-order valence-corrected chi connectivity index (χ1v) is 11.1. The van der Waals surface area contributed by atoms with Crippen molar-refractivity contribution in [3.05, 3.63) is 29.8 Å². The minimum Gasteiger partial charge on any atom is -0.344 e. The van der Waals surface area contributed by atoms with E-state index in [1.165, 1.54) is 11.2 Å². The van der Waals surface area contributed by atoms with Crippen LogP contribution < -0.4 is 5.32 Å². The van der Waals surface area contributed by atoms with Gasteiger partial charge in [-0.05, 0) is 29.5 Å². The van der Waals surface area contributed by atoms with E-state index >= 15 is 0 Å². The molecule has 0 radical (unpaired) electrons. The van der Waals surface area contributed by atoms with E-state index in [0.717, 1.165) is 5.56 Å². The molecule has 156 valence electrons. The number of sulfonamides is 1. The Bertz CT molecular complexity index is 795. The predicted octanol–water partition coefficient (Wildman–Crippen LogP) is 1.80. The van der Waals surface area contributed by atoms with E-state index in [4.69, 9.17) is 0 Å². The van der Waals surface area contributed by atoms with Gasteiger partial charge in [-0.3, -0.25) is 9.59 Å². The van der Waals surface area contributed by atoms with Crippen molar-refractivity contribution in [3.8, 4) is 0 Å². The lowest BCUT2D eigenvalue weighted by Gasteiger charge is -2.36. The maximum absolute atomic E-state index is 12.9. The molecule has 0 unspecified atom stereocenters. The van der Waals surface area contributed by atoms with Gasteiger partial charge in [0.1, 0.15) is 6.04 Å². The fourth-order valence-corrected chi connectivity index (χ4v) is 4.67. The summed E-state index contributed by atoms with van der Waals surface area (Å²) in [6.07, 6.45) is 0. The third-order valence-corrected chi connectivity index (χ3v) is 6.94. The molecule has 1 aromatic carbocycles. The first-order chi connectivity index (χ1) is 13.0. The zero-order valence-corrected chi connectivity index (χ0v) is 18.1. The molecule has 0 bridgehead atoms. The van der Waals surface area contributed by atoms with Crippen LogP contribution >= 0.6 is 0 Å². The zero-order valence-electron chi connectivity index (χ0n) is 17.3. The van der Waals surface area contributed by atoms with Crippen LogP contribution in [0, 0.1) is 5.92 Å². The van der Waals surface area contributed by atoms with Crippen molar-refractivity contribution >= 4 is 21.8 Å². The number of amides is 2. The second-order valence-corrected chi connectivity index (χ2v) is 9.81. The van der Waals surface area contributed by atoms with Crippen LogP contribution in [0.15, 0.2) is 29.2 Å². The van der Waals surface area contributed by atoms with E-state index < -0.39 is 16.1 Å². The minimum atomic E-state index is -3.58. The van der Waals surface area contributed by atoms with E-state index in [-0.39, 0.29) is 35.7 Å². The average molecular weight is 410 g/mol. The molecule has 0 saturated carbocycles. The van der Waals surface area contributed by atoms with Crippen molar-refractivity contribution in [1.29, 1.82) is 0 Å². The van der Waals surface area contributed by atoms with Crippen molar-refractivity contribution in [2.45, 2.75) is 51.5 Å². The number of benzene rings is 1. The van der Waals surface area contributed by atoms with Gasteiger partial charge in [0.2, 0.25) is 21.8 Å². The Kier molecular flexibility index (Phi) is 7.22. The van der Waals surface area contributed by atoms with Gasteiger partial charge in [0.05, 0.1) is 4.90 Å². The van der Waals surface area contributed by atoms with Crippen molar-refractivity contribution in [1.82, 2.24) is 14.5 Å². The second-order valence-electron chi connectivity index (χ2n) is 7.88. The smallest absolute Gasteiger partial charge is 0.245 e. The largest absolute Gasteiger partial charge is 0.344 e. The summed E-state index contributed by atoms with van der Waals surface area (Å²) in [5.41, 5.74) is 1.09. The molecule has 0 aliphatic carbocycles. The maximum atomic E-state index is 12.9. The number of nitrogens with one attached hydrogen (secondary N) is 1. The highest BCUT2D eigenvalue weighted by atomic mass is 32.2. The number of carbonyl (C=O) groups is 2. The average Bonchev–Trinajstić information content (AvgIpc) is 2.65. The Balaban J connectivity index is 2.05. The van der Waals surface area contributed by atoms with Gasteiger partial charge in [0.15, 0.2) is 0 Å². The topological polar surface area (TPSA) is 86.8 Å². The van der Waals surface area contributed by atoms with Gasteiger partial charge in [0, 0.05) is 33.1 Å². The summed E-state index contributed by atoms with van der Waals surface area (Å²) >= 11 is 0. The summed E-state index contributed by atoms with van der Waals surface area (Å²) in [6.45, 7) is 10.4. The second kappa shape index (κ2) is 9.05. The molecule has 1 aliphatic rings. The third kappa shape index (κ3) is 5.11. The van der Waals surface area contributed by atoms with Gasteiger partial charge in [-0.15, -0.1) is 0 Å². The van der Waals surface area contributed by atoms with Crippen LogP contribution in [0.2, 0.25) is 0 Å². The SMILES string of the molecule is CC(=O)N[C@H](C(=O)N1CCN(S(=O)(=O)c2ccc(C(C)C)cc2)CC1)C(C)C. The normalized spacial score (nSPS) is 17.0. The molecule has 7 nitrogen and oxygen atoms in total. The number of carbonyl (C=O) groups excluding carboxylic acids is 2. The van der Waals surface area contributed by atoms with E-state index in [1.54, 1.807) is 17.0 Å². The Morgan fingerprint density at radius 3 is 1.93 bits per heavy atom. The Morgan fingerprint density at radius 1 is 0.964 bits per heavy atom. The van der Waals surface area contributed by atoms with Gasteiger partial charge in [-0.1, -0.05) is 39.8 Å². The van der Waals surface area contributed by atoms with Crippen molar-refractivity contribution in [3.63, 3.8) is 0 Å². The summed E-state index contributed by atoms with van der Waals surface area (Å²) in [5, 5.41) is 2.70. The maximum Gasteiger partial charge on any atom is 0.245 e. The molecule has 28 heavy (non-hydrogen) atoms. The number of hydrogen-bond donors (Lipinski definition) is 1. The minimum absolute atomic E-state index is 0.0439. The van der Waals surface area contributed by atoms with Crippen LogP contribution in [-0.4, -0.2) is 61.7 Å². The van der Waals surface area contributed by atoms with E-state index in [9.17, 15) is 18.0 Å². The van der Waals surface area contributed by atoms with Crippen LogP contribution in [-0.2, 0) is 19.6 Å². The third-order valence-electron chi connectivity index (χ3n) is 5.03. The molecular weight excluding hydrogens is 378 g/mol. The van der Waals surface area contributed by atoms with E-state index in [0.29, 0.717) is 19.0 Å². The number of rotatable bonds is 6. The molecule has 8 heteroatoms. The molecule has 1 atom stereocenters. The quantitative estimate of drug-likeness (QED) is 0.776. The van der Waals surface area contributed by atoms with Gasteiger partial charge in [-0.2, -0.15) is 4.31 Å². The monoisotopic (exact) mass is 409 g/mol. The number of piperazine rings is 1. The summed E-state index contributed by atoms with van der Waals surface area (Å²) in [5.74, 6) is -0.122. The van der Waals surface area contributed by atoms with E-state index in [2.05, 4.69) is 19.2 Å². The van der Waals surface area contributed by atoms with Crippen LogP contribution in [0.5, 0.6) is 0 Å². The fraction of sp³-hybridized carbons (Fsp3) is 0.600. The lowest BCUT2D eigenvalue weighted by molar-refractivity contribution is -0.138. The van der Waals surface area contributed by atoms with Crippen molar-refractivity contribution in [2.75, 3.05) is 26.2 Å². The number of nitrogens with zero attached hydrogens (tertiary/aromatic N) is 2. The van der Waals surface area contributed by atoms with Gasteiger partial charge < -0.3 is 10.2 Å². The Hall–Kier alpha value is -1.93. The summed E-state index contributed by atoms with van der Waals surface area (Å²) < 4.78 is 27.2. The van der Waals surface area contributed by atoms with Crippen LogP contribution in [0.4, 0.5) is 0 Å². The molecule has 1 N–H and O–H groups in total. The van der Waals surface area contributed by atoms with E-state index in [1.807, 2.05) is 26.0 Å². The van der Waals surface area contributed by atoms with Gasteiger partial charge in [0.25, 0.3) is 0 Å². The summed E-state index contributed by atoms with van der Waals surface area (Å²) in [4.78, 5) is 26.0. The summed E-state index contributed by atoms with van der Waals surface area (Å²) in [7, 11) is -3.58. The lowest BCUT2D eigenvalue weighted by atomic mass is 10.0. The molecule has 1 fully saturated rings. The molecule has 1 aliphatic heterocycles. The molecule has 2 amide bonds. The fourth-order valence-electron chi connectivity index (χ4n) is 3.25. The highest BCUT2D eigenvalue weighted by molar-refractivity contribution is 7.89. The molecule has 1 aromatic rings. The van der Waals surface area contributed by atoms with Crippen LogP contribution in [0.1, 0.15) is 46.1 Å². The lowest BCUT2D eigenvalue weighted by Crippen LogP contribution is -2.56. The molecular formula is C20H31N3O4S. The predicted molar refractivity (Wildman–Crippen MR) is 108 cm³/mol.